The Morgan fingerprint density at radius 3 is 1.10 bits per heavy atom. The molecule has 0 aliphatic heterocycles. The van der Waals surface area contributed by atoms with E-state index in [2.05, 4.69) is 335 Å². The fourth-order valence-electron chi connectivity index (χ4n) is 14.9. The van der Waals surface area contributed by atoms with Gasteiger partial charge in [0.05, 0.1) is 0 Å². The largest absolute Gasteiger partial charge is 0.212 e. The number of hydrogen-bond donors (Lipinski definition) is 0. The molecule has 4 heteroatoms. The van der Waals surface area contributed by atoms with E-state index in [1.807, 2.05) is 60.0 Å². The van der Waals surface area contributed by atoms with Crippen LogP contribution in [0.3, 0.4) is 0 Å². The molecule has 8 aromatic carbocycles. The first-order valence-electron chi connectivity index (χ1n) is 38.9. The second-order valence-electron chi connectivity index (χ2n) is 31.1. The van der Waals surface area contributed by atoms with E-state index in [1.54, 1.807) is 5.56 Å². The molecule has 1 fully saturated rings. The molecule has 4 heterocycles. The van der Waals surface area contributed by atoms with Gasteiger partial charge < -0.3 is 0 Å². The Morgan fingerprint density at radius 1 is 0.350 bits per heavy atom. The van der Waals surface area contributed by atoms with E-state index in [1.165, 1.54) is 160 Å². The standard InChI is InChI=1S/C26H30N.C26H32N.C24H28N.C23H26N/c1-18-9-5-8-12-23(18)22-14-13-19(2)24(16-22)26-15-20(3)25(17-27(26)4)21-10-6-7-11-21;1-18-10-8-9-11-23(18)21-13-12-19(2)24(15-21)25-14-20(3)22(17-27(25)7)16-26(4,5)6;1-17(2)13-22-16-25(5)24(14-19(22)4)23-15-21(12-11-18(23)3)20-9-7-6-8-10-20;1-16(2)22-15-24(5)23(13-18(22)4)21-14-20(12-11-17(21)3)19-9-7-6-8-10-19/h5,8-9,12-17,21H,6-7,10-11H2,1-4H3;8-15,17H,16H2,1-7H3;6-12,14-17H,13H2,1-5H3;6-16H,1-5H3/q4*+1/i;;13D2;16D. The Kier molecular flexibility index (Phi) is 23.4. The molecule has 103 heavy (non-hydrogen) atoms. The molecule has 1 aliphatic carbocycles. The third-order valence-corrected chi connectivity index (χ3v) is 20.8. The van der Waals surface area contributed by atoms with Crippen LogP contribution in [0.2, 0.25) is 0 Å². The third-order valence-electron chi connectivity index (χ3n) is 20.8. The molecular weight excluding hydrogens is 1250 g/mol. The normalized spacial score (nSPS) is 12.9. The van der Waals surface area contributed by atoms with Gasteiger partial charge in [0.15, 0.2) is 24.8 Å². The minimum Gasteiger partial charge on any atom is -0.201 e. The molecule has 13 rings (SSSR count). The van der Waals surface area contributed by atoms with Crippen LogP contribution < -0.4 is 18.3 Å². The number of benzene rings is 8. The van der Waals surface area contributed by atoms with Gasteiger partial charge in [-0.25, -0.2) is 18.3 Å². The lowest BCUT2D eigenvalue weighted by molar-refractivity contribution is -0.661. The van der Waals surface area contributed by atoms with Crippen molar-refractivity contribution < 1.29 is 22.4 Å². The first-order valence-corrected chi connectivity index (χ1v) is 37.4. The predicted molar refractivity (Wildman–Crippen MR) is 438 cm³/mol. The molecule has 0 bridgehead atoms. The minimum atomic E-state index is -1.35. The van der Waals surface area contributed by atoms with Gasteiger partial charge in [-0.05, 0) is 242 Å². The summed E-state index contributed by atoms with van der Waals surface area (Å²) in [6.07, 6.45) is 14.0. The van der Waals surface area contributed by atoms with Crippen LogP contribution in [-0.4, -0.2) is 0 Å². The number of aromatic nitrogens is 4. The van der Waals surface area contributed by atoms with Gasteiger partial charge in [0.2, 0.25) is 22.8 Å². The molecule has 528 valence electrons. The van der Waals surface area contributed by atoms with Gasteiger partial charge in [-0.3, -0.25) is 0 Å². The van der Waals surface area contributed by atoms with Crippen LogP contribution in [0.25, 0.3) is 89.5 Å². The van der Waals surface area contributed by atoms with Crippen molar-refractivity contribution in [1.29, 1.82) is 0 Å². The second-order valence-corrected chi connectivity index (χ2v) is 31.1. The van der Waals surface area contributed by atoms with Crippen molar-refractivity contribution in [2.75, 3.05) is 0 Å². The highest BCUT2D eigenvalue weighted by Crippen LogP contribution is 2.39. The van der Waals surface area contributed by atoms with Gasteiger partial charge in [0.1, 0.15) is 28.2 Å². The molecule has 12 aromatic rings. The molecule has 0 radical (unpaired) electrons. The fourth-order valence-corrected chi connectivity index (χ4v) is 14.9. The Bertz CT molecular complexity index is 5100. The molecule has 1 aliphatic rings. The molecule has 4 nitrogen and oxygen atoms in total. The third kappa shape index (κ3) is 18.8. The summed E-state index contributed by atoms with van der Waals surface area (Å²) in [5, 5.41) is 0. The highest BCUT2D eigenvalue weighted by molar-refractivity contribution is 5.78. The minimum absolute atomic E-state index is 0.0785. The van der Waals surface area contributed by atoms with Crippen molar-refractivity contribution in [1.82, 2.24) is 0 Å². The number of nitrogens with zero attached hydrogens (tertiary/aromatic N) is 4. The van der Waals surface area contributed by atoms with E-state index in [0.29, 0.717) is 5.41 Å². The van der Waals surface area contributed by atoms with Gasteiger partial charge in [-0.2, -0.15) is 0 Å². The van der Waals surface area contributed by atoms with E-state index in [-0.39, 0.29) is 5.92 Å². The van der Waals surface area contributed by atoms with Crippen molar-refractivity contribution in [2.24, 2.45) is 39.5 Å². The molecule has 1 saturated carbocycles. The topological polar surface area (TPSA) is 15.5 Å². The van der Waals surface area contributed by atoms with Gasteiger partial charge >= 0.3 is 0 Å². The Labute approximate surface area is 624 Å². The number of aryl methyl sites for hydroxylation is 14. The molecule has 0 unspecified atom stereocenters. The summed E-state index contributed by atoms with van der Waals surface area (Å²) in [4.78, 5) is 0. The molecule has 0 saturated heterocycles. The SMILES string of the molecule is Cc1cc(-c2cc(-c3ccccc3C)ccc2C)[n+](C)cc1CC(C)(C)C.Cc1ccccc1-c1ccc(C)c(-c2cc(C)c(C3CCCC3)c[n+]2C)c1.[2H]C(C)(C)c1c[n+](C)c(-c2cc(-c3ccccc3)ccc2C)cc1C.[2H]C([2H])(c1c[n+](C)c(-c2cc(-c3ccccc3)ccc2C)cc1C)C(C)C. The summed E-state index contributed by atoms with van der Waals surface area (Å²) in [6, 6.07) is 74.1. The molecule has 0 atom stereocenters. The lowest BCUT2D eigenvalue weighted by Crippen LogP contribution is -2.32. The molecule has 0 spiro atoms. The Morgan fingerprint density at radius 2 is 0.689 bits per heavy atom. The average Bonchev–Trinajstić information content (AvgIpc) is 0.850. The van der Waals surface area contributed by atoms with Gasteiger partial charge in [-0.1, -0.05) is 219 Å². The Hall–Kier alpha value is -9.64. The molecular formula is C99H116N4+4. The predicted octanol–water partition coefficient (Wildman–Crippen LogP) is 24.0. The highest BCUT2D eigenvalue weighted by atomic mass is 14.9. The van der Waals surface area contributed by atoms with Crippen molar-refractivity contribution in [3.05, 3.63) is 309 Å². The van der Waals surface area contributed by atoms with E-state index in [0.717, 1.165) is 40.3 Å². The van der Waals surface area contributed by atoms with Gasteiger partial charge in [0.25, 0.3) is 0 Å². The first-order chi connectivity index (χ1) is 50.2. The van der Waals surface area contributed by atoms with Crippen LogP contribution in [0.1, 0.15) is 168 Å². The zero-order valence-corrected chi connectivity index (χ0v) is 65.9. The zero-order valence-electron chi connectivity index (χ0n) is 68.9. The maximum absolute atomic E-state index is 8.48. The van der Waals surface area contributed by atoms with E-state index >= 15 is 0 Å². The van der Waals surface area contributed by atoms with E-state index < -0.39 is 12.3 Å². The summed E-state index contributed by atoms with van der Waals surface area (Å²) in [7, 11) is 8.44. The molecule has 0 amide bonds. The lowest BCUT2D eigenvalue weighted by atomic mass is 9.86. The van der Waals surface area contributed by atoms with Crippen LogP contribution in [0.5, 0.6) is 0 Å². The maximum atomic E-state index is 8.48. The summed E-state index contributed by atoms with van der Waals surface area (Å²) in [6.45, 7) is 36.4. The average molecular weight is 1370 g/mol. The summed E-state index contributed by atoms with van der Waals surface area (Å²) >= 11 is 0. The summed E-state index contributed by atoms with van der Waals surface area (Å²) in [5.41, 5.74) is 37.8. The summed E-state index contributed by atoms with van der Waals surface area (Å²) < 4.78 is 34.1. The lowest BCUT2D eigenvalue weighted by Gasteiger charge is -2.19. The van der Waals surface area contributed by atoms with Gasteiger partial charge in [-0.15, -0.1) is 0 Å². The van der Waals surface area contributed by atoms with E-state index in [4.69, 9.17) is 4.11 Å². The van der Waals surface area contributed by atoms with Gasteiger partial charge in [0, 0.05) is 72.9 Å². The van der Waals surface area contributed by atoms with E-state index in [9.17, 15) is 0 Å². The smallest absolute Gasteiger partial charge is 0.201 e. The highest BCUT2D eigenvalue weighted by Gasteiger charge is 2.26. The Balaban J connectivity index is 0.000000151. The molecule has 4 aromatic heterocycles. The number of hydrogen-bond acceptors (Lipinski definition) is 0. The second kappa shape index (κ2) is 33.6. The monoisotopic (exact) mass is 1360 g/mol. The van der Waals surface area contributed by atoms with Crippen LogP contribution in [0.15, 0.2) is 231 Å². The van der Waals surface area contributed by atoms with Crippen LogP contribution in [0, 0.1) is 80.6 Å². The van der Waals surface area contributed by atoms with Crippen molar-refractivity contribution in [3.63, 3.8) is 0 Å². The van der Waals surface area contributed by atoms with Crippen LogP contribution in [-0.2, 0) is 41.0 Å². The van der Waals surface area contributed by atoms with Crippen LogP contribution >= 0.6 is 0 Å². The van der Waals surface area contributed by atoms with Crippen molar-refractivity contribution in [2.45, 2.75) is 168 Å². The number of pyridine rings is 4. The summed E-state index contributed by atoms with van der Waals surface area (Å²) in [5.74, 6) is 0.0799. The van der Waals surface area contributed by atoms with Crippen LogP contribution in [0.4, 0.5) is 0 Å². The first kappa shape index (κ1) is 71.7. The molecule has 0 N–H and O–H groups in total. The fraction of sp³-hybridized carbons (Fsp3) is 0.313. The maximum Gasteiger partial charge on any atom is 0.212 e. The van der Waals surface area contributed by atoms with Crippen molar-refractivity contribution >= 4 is 0 Å². The quantitative estimate of drug-likeness (QED) is 0.102. The van der Waals surface area contributed by atoms with Crippen molar-refractivity contribution in [3.8, 4) is 89.5 Å². The zero-order chi connectivity index (χ0) is 76.7. The number of rotatable bonds is 13.